The van der Waals surface area contributed by atoms with Crippen molar-refractivity contribution in [2.75, 3.05) is 7.11 Å². The van der Waals surface area contributed by atoms with Crippen LogP contribution in [-0.2, 0) is 6.61 Å². The summed E-state index contributed by atoms with van der Waals surface area (Å²) in [6.07, 6.45) is 0. The average molecular weight is 311 g/mol. The van der Waals surface area contributed by atoms with Gasteiger partial charge in [-0.25, -0.2) is 4.39 Å². The van der Waals surface area contributed by atoms with Gasteiger partial charge in [-0.1, -0.05) is 17.7 Å². The monoisotopic (exact) mass is 310 g/mol. The van der Waals surface area contributed by atoms with Crippen LogP contribution in [0.25, 0.3) is 0 Å². The van der Waals surface area contributed by atoms with E-state index in [1.807, 2.05) is 0 Å². The highest BCUT2D eigenvalue weighted by Gasteiger charge is 2.15. The first-order valence-corrected chi connectivity index (χ1v) is 6.50. The summed E-state index contributed by atoms with van der Waals surface area (Å²) >= 11 is 5.90. The summed E-state index contributed by atoms with van der Waals surface area (Å²) in [5.74, 6) is -0.110. The maximum Gasteiger partial charge on any atom is 0.488 e. The molecule has 0 saturated carbocycles. The molecule has 0 heterocycles. The predicted octanol–water partition coefficient (Wildman–Crippen LogP) is 1.75. The minimum Gasteiger partial charge on any atom is -0.496 e. The number of methoxy groups -OCH3 is 1. The maximum absolute atomic E-state index is 13.7. The highest BCUT2D eigenvalue weighted by Crippen LogP contribution is 2.25. The Morgan fingerprint density at radius 3 is 2.57 bits per heavy atom. The van der Waals surface area contributed by atoms with E-state index in [0.29, 0.717) is 16.3 Å². The van der Waals surface area contributed by atoms with E-state index in [1.165, 1.54) is 19.2 Å². The summed E-state index contributed by atoms with van der Waals surface area (Å²) in [6, 6.07) is 8.63. The van der Waals surface area contributed by atoms with E-state index in [2.05, 4.69) is 0 Å². The molecule has 2 N–H and O–H groups in total. The number of rotatable bonds is 5. The van der Waals surface area contributed by atoms with Gasteiger partial charge in [0.15, 0.2) is 11.6 Å². The Hall–Kier alpha value is -1.76. The van der Waals surface area contributed by atoms with Crippen molar-refractivity contribution in [1.29, 1.82) is 0 Å². The van der Waals surface area contributed by atoms with Crippen LogP contribution in [0.2, 0.25) is 5.02 Å². The second-order valence-electron chi connectivity index (χ2n) is 4.31. The molecule has 0 aliphatic rings. The minimum atomic E-state index is -1.69. The van der Waals surface area contributed by atoms with Crippen molar-refractivity contribution < 1.29 is 23.9 Å². The van der Waals surface area contributed by atoms with E-state index < -0.39 is 12.9 Å². The van der Waals surface area contributed by atoms with Gasteiger partial charge in [-0.15, -0.1) is 0 Å². The van der Waals surface area contributed by atoms with E-state index in [9.17, 15) is 4.39 Å². The predicted molar refractivity (Wildman–Crippen MR) is 78.6 cm³/mol. The van der Waals surface area contributed by atoms with Crippen molar-refractivity contribution in [1.82, 2.24) is 0 Å². The molecule has 0 fully saturated rings. The third-order valence-corrected chi connectivity index (χ3v) is 3.11. The second-order valence-corrected chi connectivity index (χ2v) is 4.74. The maximum atomic E-state index is 13.7. The lowest BCUT2D eigenvalue weighted by molar-refractivity contribution is 0.283. The number of hydrogen-bond acceptors (Lipinski definition) is 4. The highest BCUT2D eigenvalue weighted by atomic mass is 35.5. The molecule has 0 saturated heterocycles. The molecule has 2 aromatic carbocycles. The van der Waals surface area contributed by atoms with Crippen molar-refractivity contribution in [3.8, 4) is 11.5 Å². The first-order valence-electron chi connectivity index (χ1n) is 6.12. The molecule has 7 heteroatoms. The Kier molecular flexibility index (Phi) is 5.06. The van der Waals surface area contributed by atoms with Crippen LogP contribution < -0.4 is 14.9 Å². The van der Waals surface area contributed by atoms with Gasteiger partial charge in [-0.3, -0.25) is 0 Å². The molecular weight excluding hydrogens is 297 g/mol. The SMILES string of the molecule is COc1ccc(Cl)cc1COc1cc(B(O)O)ccc1F. The fourth-order valence-corrected chi connectivity index (χ4v) is 2.00. The number of ether oxygens (including phenoxy) is 2. The lowest BCUT2D eigenvalue weighted by atomic mass is 9.80. The van der Waals surface area contributed by atoms with E-state index >= 15 is 0 Å². The Bertz CT molecular complexity index is 636. The van der Waals surface area contributed by atoms with Crippen LogP contribution in [0.3, 0.4) is 0 Å². The molecular formula is C14H13BClFO4. The zero-order valence-corrected chi connectivity index (χ0v) is 12.0. The van der Waals surface area contributed by atoms with Gasteiger partial charge in [0.25, 0.3) is 0 Å². The lowest BCUT2D eigenvalue weighted by Gasteiger charge is -2.12. The summed E-state index contributed by atoms with van der Waals surface area (Å²) in [4.78, 5) is 0. The van der Waals surface area contributed by atoms with E-state index in [4.69, 9.17) is 31.1 Å². The molecule has 0 amide bonds. The third kappa shape index (κ3) is 3.88. The van der Waals surface area contributed by atoms with Crippen molar-refractivity contribution >= 4 is 24.2 Å². The molecule has 0 bridgehead atoms. The van der Waals surface area contributed by atoms with Crippen LogP contribution in [-0.4, -0.2) is 24.3 Å². The molecule has 2 rings (SSSR count). The Morgan fingerprint density at radius 1 is 1.14 bits per heavy atom. The van der Waals surface area contributed by atoms with Gasteiger partial charge in [-0.05, 0) is 35.8 Å². The zero-order chi connectivity index (χ0) is 15.4. The zero-order valence-electron chi connectivity index (χ0n) is 11.2. The molecule has 0 aliphatic heterocycles. The Balaban J connectivity index is 2.20. The highest BCUT2D eigenvalue weighted by molar-refractivity contribution is 6.58. The fourth-order valence-electron chi connectivity index (χ4n) is 1.81. The Morgan fingerprint density at radius 2 is 1.90 bits per heavy atom. The van der Waals surface area contributed by atoms with Gasteiger partial charge >= 0.3 is 7.12 Å². The normalized spacial score (nSPS) is 10.3. The molecule has 4 nitrogen and oxygen atoms in total. The number of halogens is 2. The van der Waals surface area contributed by atoms with Crippen LogP contribution in [0.1, 0.15) is 5.56 Å². The summed E-state index contributed by atoms with van der Waals surface area (Å²) in [7, 11) is -0.176. The van der Waals surface area contributed by atoms with Gasteiger partial charge < -0.3 is 19.5 Å². The van der Waals surface area contributed by atoms with Crippen molar-refractivity contribution in [3.05, 3.63) is 52.8 Å². The average Bonchev–Trinajstić information content (AvgIpc) is 2.46. The van der Waals surface area contributed by atoms with E-state index in [1.54, 1.807) is 18.2 Å². The molecule has 0 aromatic heterocycles. The van der Waals surface area contributed by atoms with Crippen molar-refractivity contribution in [2.45, 2.75) is 6.61 Å². The molecule has 0 unspecified atom stereocenters. The Labute approximate surface area is 126 Å². The summed E-state index contributed by atoms with van der Waals surface area (Å²) in [5.41, 5.74) is 0.795. The smallest absolute Gasteiger partial charge is 0.488 e. The van der Waals surface area contributed by atoms with Gasteiger partial charge in [0.05, 0.1) is 7.11 Å². The lowest BCUT2D eigenvalue weighted by Crippen LogP contribution is -2.29. The largest absolute Gasteiger partial charge is 0.496 e. The molecule has 110 valence electrons. The third-order valence-electron chi connectivity index (χ3n) is 2.88. The van der Waals surface area contributed by atoms with E-state index in [0.717, 1.165) is 6.07 Å². The molecule has 0 spiro atoms. The van der Waals surface area contributed by atoms with Crippen molar-refractivity contribution in [2.24, 2.45) is 0 Å². The molecule has 21 heavy (non-hydrogen) atoms. The second kappa shape index (κ2) is 6.80. The van der Waals surface area contributed by atoms with Crippen LogP contribution >= 0.6 is 11.6 Å². The first-order chi connectivity index (χ1) is 10.0. The summed E-state index contributed by atoms with van der Waals surface area (Å²) in [6.45, 7) is 0.0334. The van der Waals surface area contributed by atoms with Crippen LogP contribution in [0.5, 0.6) is 11.5 Å². The van der Waals surface area contributed by atoms with Crippen molar-refractivity contribution in [3.63, 3.8) is 0 Å². The quantitative estimate of drug-likeness (QED) is 0.826. The van der Waals surface area contributed by atoms with Crippen LogP contribution in [0.15, 0.2) is 36.4 Å². The van der Waals surface area contributed by atoms with Crippen LogP contribution in [0, 0.1) is 5.82 Å². The van der Waals surface area contributed by atoms with E-state index in [-0.39, 0.29) is 17.8 Å². The number of hydrogen-bond donors (Lipinski definition) is 2. The molecule has 0 radical (unpaired) electrons. The summed E-state index contributed by atoms with van der Waals surface area (Å²) in [5, 5.41) is 18.7. The topological polar surface area (TPSA) is 58.9 Å². The molecule has 2 aromatic rings. The standard InChI is InChI=1S/C14H13BClFO4/c1-20-13-5-3-11(16)6-9(13)8-21-14-7-10(15(18)19)2-4-12(14)17/h2-7,18-19H,8H2,1H3. The van der Waals surface area contributed by atoms with Crippen LogP contribution in [0.4, 0.5) is 4.39 Å². The summed E-state index contributed by atoms with van der Waals surface area (Å²) < 4.78 is 24.2. The molecule has 0 aliphatic carbocycles. The molecule has 0 atom stereocenters. The van der Waals surface area contributed by atoms with Gasteiger partial charge in [0.1, 0.15) is 12.4 Å². The number of benzene rings is 2. The fraction of sp³-hybridized carbons (Fsp3) is 0.143. The minimum absolute atomic E-state index is 0.0334. The van der Waals surface area contributed by atoms with Gasteiger partial charge in [0, 0.05) is 10.6 Å². The van der Waals surface area contributed by atoms with Gasteiger partial charge in [0.2, 0.25) is 0 Å². The van der Waals surface area contributed by atoms with Gasteiger partial charge in [-0.2, -0.15) is 0 Å². The first kappa shape index (κ1) is 15.6.